The Labute approximate surface area is 437 Å². The van der Waals surface area contributed by atoms with Crippen LogP contribution in [0.2, 0.25) is 5.02 Å². The Morgan fingerprint density at radius 1 is 0.610 bits per heavy atom. The first-order chi connectivity index (χ1) is 37.3. The van der Waals surface area contributed by atoms with Gasteiger partial charge in [0.25, 0.3) is 11.8 Å². The number of benzene rings is 2. The van der Waals surface area contributed by atoms with Crippen molar-refractivity contribution in [2.75, 3.05) is 77.3 Å². The van der Waals surface area contributed by atoms with Gasteiger partial charge in [-0.05, 0) is 72.8 Å². The zero-order valence-electron chi connectivity index (χ0n) is 39.8. The van der Waals surface area contributed by atoms with Crippen molar-refractivity contribution in [2.45, 2.75) is 12.3 Å². The fourth-order valence-electron chi connectivity index (χ4n) is 7.96. The standard InChI is InChI=1S/C49H40ClF5N18O4/c50-30-14-28(37-5-6-56-25-61-37)16-34(18-30)65-32-2-4-39(58-21-32)46(75)69-71-48-60-23-36(52)44(67-48)73-9-12-77-42(24-73)41-19-40(62-26-63-41)27-13-29(49(53,54)55)17-33(15-27)64-31-1-3-38(57-20-31)45(74)68-70-47-59-22-35(51)43(66-47)72-7-10-76-11-8-72/h1-6,13-23,25-26,42,64-65H,7-12,24H2,(H,68,74)(H,69,75)(H,59,66,70)(H,60,67,71). The molecule has 2 aliphatic rings. The van der Waals surface area contributed by atoms with E-state index in [9.17, 15) is 27.2 Å². The fraction of sp³-hybridized carbons (Fsp3) is 0.184. The lowest BCUT2D eigenvalue weighted by Crippen LogP contribution is -2.40. The lowest BCUT2D eigenvalue weighted by Gasteiger charge is -2.33. The Kier molecular flexibility index (Phi) is 15.0. The van der Waals surface area contributed by atoms with Crippen LogP contribution in [0, 0.1) is 11.6 Å². The van der Waals surface area contributed by atoms with Gasteiger partial charge in [0, 0.05) is 53.4 Å². The van der Waals surface area contributed by atoms with E-state index in [4.69, 9.17) is 21.1 Å². The quantitative estimate of drug-likeness (QED) is 0.0433. The van der Waals surface area contributed by atoms with Crippen molar-refractivity contribution in [3.8, 4) is 22.5 Å². The number of alkyl halides is 3. The highest BCUT2D eigenvalue weighted by atomic mass is 35.5. The number of nitrogens with one attached hydrogen (secondary N) is 6. The average Bonchev–Trinajstić information content (AvgIpc) is 3.45. The summed E-state index contributed by atoms with van der Waals surface area (Å²) in [6, 6.07) is 17.8. The van der Waals surface area contributed by atoms with Crippen LogP contribution in [-0.4, -0.2) is 108 Å². The number of ether oxygens (including phenoxy) is 2. The number of hydrogen-bond acceptors (Lipinski definition) is 20. The van der Waals surface area contributed by atoms with E-state index < -0.39 is 41.3 Å². The molecule has 28 heteroatoms. The second kappa shape index (κ2) is 22.6. The molecule has 77 heavy (non-hydrogen) atoms. The number of pyridine rings is 2. The number of morpholine rings is 2. The normalized spacial score (nSPS) is 14.6. The van der Waals surface area contributed by atoms with E-state index in [0.29, 0.717) is 48.4 Å². The molecule has 0 spiro atoms. The van der Waals surface area contributed by atoms with Crippen molar-refractivity contribution in [3.05, 3.63) is 156 Å². The van der Waals surface area contributed by atoms with Crippen LogP contribution in [0.4, 0.5) is 68.2 Å². The summed E-state index contributed by atoms with van der Waals surface area (Å²) < 4.78 is 84.2. The van der Waals surface area contributed by atoms with Gasteiger partial charge in [0.1, 0.15) is 30.1 Å². The van der Waals surface area contributed by atoms with Gasteiger partial charge < -0.3 is 29.9 Å². The van der Waals surface area contributed by atoms with Crippen LogP contribution in [0.25, 0.3) is 22.5 Å². The van der Waals surface area contributed by atoms with Crippen molar-refractivity contribution in [2.24, 2.45) is 0 Å². The van der Waals surface area contributed by atoms with Crippen LogP contribution in [0.1, 0.15) is 38.3 Å². The Balaban J connectivity index is 0.766. The van der Waals surface area contributed by atoms with Crippen LogP contribution in [0.3, 0.4) is 0 Å². The summed E-state index contributed by atoms with van der Waals surface area (Å²) >= 11 is 6.36. The molecule has 8 aromatic rings. The molecule has 22 nitrogen and oxygen atoms in total. The molecule has 2 aromatic carbocycles. The topological polar surface area (TPSA) is 260 Å². The lowest BCUT2D eigenvalue weighted by atomic mass is 10.0. The highest BCUT2D eigenvalue weighted by Crippen LogP contribution is 2.37. The van der Waals surface area contributed by atoms with Crippen molar-refractivity contribution in [1.29, 1.82) is 0 Å². The van der Waals surface area contributed by atoms with Gasteiger partial charge in [-0.15, -0.1) is 0 Å². The monoisotopic (exact) mass is 1070 g/mol. The molecule has 2 saturated heterocycles. The second-order valence-electron chi connectivity index (χ2n) is 16.9. The summed E-state index contributed by atoms with van der Waals surface area (Å²) in [4.78, 5) is 70.7. The molecule has 0 saturated carbocycles. The number of carbonyl (C=O) groups excluding carboxylic acids is 2. The first kappa shape index (κ1) is 51.2. The maximum absolute atomic E-state index is 15.4. The minimum absolute atomic E-state index is 0.0139. The number of carbonyl (C=O) groups is 2. The average molecular weight is 1080 g/mol. The minimum atomic E-state index is -4.76. The van der Waals surface area contributed by atoms with Crippen LogP contribution in [0.15, 0.2) is 116 Å². The van der Waals surface area contributed by atoms with E-state index in [0.717, 1.165) is 30.1 Å². The largest absolute Gasteiger partial charge is 0.416 e. The highest BCUT2D eigenvalue weighted by Gasteiger charge is 2.32. The fourth-order valence-corrected chi connectivity index (χ4v) is 8.19. The summed E-state index contributed by atoms with van der Waals surface area (Å²) in [7, 11) is 0. The number of hydrogen-bond donors (Lipinski definition) is 6. The first-order valence-corrected chi connectivity index (χ1v) is 23.6. The molecule has 0 radical (unpaired) electrons. The maximum Gasteiger partial charge on any atom is 0.416 e. The van der Waals surface area contributed by atoms with Gasteiger partial charge >= 0.3 is 6.18 Å². The second-order valence-corrected chi connectivity index (χ2v) is 17.3. The Bertz CT molecular complexity index is 3420. The van der Waals surface area contributed by atoms with Crippen molar-refractivity contribution in [1.82, 2.24) is 60.7 Å². The van der Waals surface area contributed by atoms with Crippen molar-refractivity contribution in [3.63, 3.8) is 0 Å². The minimum Gasteiger partial charge on any atom is -0.378 e. The molecular formula is C49H40ClF5N18O4. The van der Waals surface area contributed by atoms with Crippen molar-refractivity contribution >= 4 is 69.7 Å². The predicted octanol–water partition coefficient (Wildman–Crippen LogP) is 7.34. The van der Waals surface area contributed by atoms with Gasteiger partial charge in [0.2, 0.25) is 11.9 Å². The molecule has 1 unspecified atom stereocenters. The molecule has 0 bridgehead atoms. The Morgan fingerprint density at radius 3 is 1.81 bits per heavy atom. The zero-order valence-corrected chi connectivity index (χ0v) is 40.5. The van der Waals surface area contributed by atoms with Crippen LogP contribution in [-0.2, 0) is 15.7 Å². The number of halogens is 6. The smallest absolute Gasteiger partial charge is 0.378 e. The number of hydrazine groups is 2. The predicted molar refractivity (Wildman–Crippen MR) is 270 cm³/mol. The third-order valence-corrected chi connectivity index (χ3v) is 11.8. The Morgan fingerprint density at radius 2 is 1.21 bits per heavy atom. The van der Waals surface area contributed by atoms with Gasteiger partial charge in [0.05, 0.1) is 85.2 Å². The number of amides is 2. The molecule has 2 fully saturated rings. The van der Waals surface area contributed by atoms with E-state index in [1.807, 2.05) is 6.07 Å². The number of nitrogens with zero attached hydrogens (tertiary/aromatic N) is 12. The molecule has 10 rings (SSSR count). The van der Waals surface area contributed by atoms with E-state index in [2.05, 4.69) is 82.2 Å². The zero-order chi connectivity index (χ0) is 53.5. The summed E-state index contributed by atoms with van der Waals surface area (Å²) in [6.07, 6.45) is 3.29. The highest BCUT2D eigenvalue weighted by molar-refractivity contribution is 6.31. The van der Waals surface area contributed by atoms with E-state index in [1.54, 1.807) is 40.3 Å². The maximum atomic E-state index is 15.4. The molecular weight excluding hydrogens is 1040 g/mol. The van der Waals surface area contributed by atoms with Crippen molar-refractivity contribution < 1.29 is 41.0 Å². The van der Waals surface area contributed by atoms with Gasteiger partial charge in [0.15, 0.2) is 23.3 Å². The third kappa shape index (κ3) is 12.6. The molecule has 2 amide bonds. The molecule has 2 aliphatic heterocycles. The van der Waals surface area contributed by atoms with Crippen LogP contribution >= 0.6 is 11.6 Å². The molecule has 8 heterocycles. The summed E-state index contributed by atoms with van der Waals surface area (Å²) in [5.41, 5.74) is 12.4. The number of anilines is 8. The summed E-state index contributed by atoms with van der Waals surface area (Å²) in [6.45, 7) is 1.94. The summed E-state index contributed by atoms with van der Waals surface area (Å²) in [5, 5.41) is 6.58. The summed E-state index contributed by atoms with van der Waals surface area (Å²) in [5.74, 6) is -3.05. The van der Waals surface area contributed by atoms with E-state index in [-0.39, 0.29) is 82.9 Å². The number of aromatic nitrogens is 10. The third-order valence-electron chi connectivity index (χ3n) is 11.6. The van der Waals surface area contributed by atoms with Gasteiger partial charge in [-0.2, -0.15) is 23.1 Å². The first-order valence-electron chi connectivity index (χ1n) is 23.2. The van der Waals surface area contributed by atoms with E-state index >= 15 is 4.39 Å². The van der Waals surface area contributed by atoms with Crippen LogP contribution in [0.5, 0.6) is 0 Å². The van der Waals surface area contributed by atoms with Gasteiger partial charge in [-0.1, -0.05) is 11.6 Å². The molecule has 6 N–H and O–H groups in total. The van der Waals surface area contributed by atoms with E-state index in [1.165, 1.54) is 55.4 Å². The van der Waals surface area contributed by atoms with Gasteiger partial charge in [-0.3, -0.25) is 31.3 Å². The SMILES string of the molecule is O=C(NNc1ncc(F)c(N2CCOCC2)n1)c1ccc(Nc2cc(-c3cc(C4CN(c5nc(NNC(=O)c6ccc(Nc7cc(Cl)cc(-c8ccncn8)c7)cn6)ncc5F)CCO4)ncn3)cc(C(F)(F)F)c2)cn1. The molecule has 392 valence electrons. The molecule has 6 aromatic heterocycles. The van der Waals surface area contributed by atoms with Gasteiger partial charge in [-0.25, -0.2) is 48.7 Å². The lowest BCUT2D eigenvalue weighted by molar-refractivity contribution is -0.137. The Hall–Kier alpha value is -9.34. The molecule has 0 aliphatic carbocycles. The number of rotatable bonds is 15. The van der Waals surface area contributed by atoms with Crippen LogP contribution < -0.4 is 42.1 Å². The molecule has 1 atom stereocenters.